The van der Waals surface area contributed by atoms with Gasteiger partial charge in [-0.1, -0.05) is 25.0 Å². The van der Waals surface area contributed by atoms with Gasteiger partial charge in [-0.3, -0.25) is 9.69 Å². The zero-order valence-electron chi connectivity index (χ0n) is 10.6. The van der Waals surface area contributed by atoms with Crippen LogP contribution in [-0.2, 0) is 4.79 Å². The van der Waals surface area contributed by atoms with Crippen molar-refractivity contribution in [1.29, 1.82) is 0 Å². The molecule has 1 unspecified atom stereocenters. The van der Waals surface area contributed by atoms with Gasteiger partial charge in [-0.15, -0.1) is 0 Å². The first-order valence-corrected chi connectivity index (χ1v) is 6.14. The number of hydrogen-bond donors (Lipinski definition) is 1. The first kappa shape index (κ1) is 13.2. The summed E-state index contributed by atoms with van der Waals surface area (Å²) in [6.07, 6.45) is 5.62. The maximum absolute atomic E-state index is 11.5. The maximum atomic E-state index is 11.5. The molecular weight excluding hydrogens is 202 g/mol. The second-order valence-corrected chi connectivity index (χ2v) is 4.92. The van der Waals surface area contributed by atoms with Crippen LogP contribution in [0.3, 0.4) is 0 Å². The molecule has 1 atom stereocenters. The molecule has 0 saturated carbocycles. The van der Waals surface area contributed by atoms with Gasteiger partial charge in [0.25, 0.3) is 0 Å². The summed E-state index contributed by atoms with van der Waals surface area (Å²) in [7, 11) is 0. The lowest BCUT2D eigenvalue weighted by atomic mass is 9.90. The highest BCUT2D eigenvalue weighted by molar-refractivity contribution is 5.79. The third-order valence-corrected chi connectivity index (χ3v) is 3.41. The number of carbonyl (C=O) groups is 1. The van der Waals surface area contributed by atoms with Crippen LogP contribution in [0.5, 0.6) is 0 Å². The minimum absolute atomic E-state index is 0.597. The van der Waals surface area contributed by atoms with Gasteiger partial charge >= 0.3 is 5.97 Å². The smallest absolute Gasteiger partial charge is 0.324 e. The summed E-state index contributed by atoms with van der Waals surface area (Å²) in [5.74, 6) is -0.644. The van der Waals surface area contributed by atoms with Crippen LogP contribution in [0.4, 0.5) is 0 Å². The molecule has 1 fully saturated rings. The highest BCUT2D eigenvalue weighted by atomic mass is 16.4. The molecule has 1 rings (SSSR count). The molecule has 1 aliphatic heterocycles. The lowest BCUT2D eigenvalue weighted by molar-refractivity contribution is -0.150. The van der Waals surface area contributed by atoms with Crippen LogP contribution in [0.25, 0.3) is 0 Å². The van der Waals surface area contributed by atoms with Crippen LogP contribution in [0.1, 0.15) is 46.5 Å². The lowest BCUT2D eigenvalue weighted by Crippen LogP contribution is -2.50. The van der Waals surface area contributed by atoms with Gasteiger partial charge in [0.2, 0.25) is 0 Å². The Labute approximate surface area is 98.1 Å². The zero-order chi connectivity index (χ0) is 12.2. The quantitative estimate of drug-likeness (QED) is 0.731. The van der Waals surface area contributed by atoms with Gasteiger partial charge in [-0.05, 0) is 39.7 Å². The topological polar surface area (TPSA) is 40.5 Å². The largest absolute Gasteiger partial charge is 0.480 e. The van der Waals surface area contributed by atoms with Crippen molar-refractivity contribution in [3.63, 3.8) is 0 Å². The number of hydrogen-bond acceptors (Lipinski definition) is 2. The van der Waals surface area contributed by atoms with Gasteiger partial charge in [0, 0.05) is 6.54 Å². The third-order valence-electron chi connectivity index (χ3n) is 3.41. The molecule has 1 N–H and O–H groups in total. The molecule has 0 aromatic heterocycles. The van der Waals surface area contributed by atoms with E-state index >= 15 is 0 Å². The van der Waals surface area contributed by atoms with Crippen molar-refractivity contribution in [1.82, 2.24) is 4.90 Å². The maximum Gasteiger partial charge on any atom is 0.324 e. The second kappa shape index (κ2) is 5.48. The number of rotatable bonds is 5. The van der Waals surface area contributed by atoms with Crippen molar-refractivity contribution < 1.29 is 9.90 Å². The van der Waals surface area contributed by atoms with E-state index in [-0.39, 0.29) is 0 Å². The fraction of sp³-hybridized carbons (Fsp3) is 0.769. The van der Waals surface area contributed by atoms with Crippen LogP contribution in [0, 0.1) is 0 Å². The molecule has 0 aromatic rings. The summed E-state index contributed by atoms with van der Waals surface area (Å²) in [6, 6.07) is 0. The molecule has 0 spiro atoms. The molecule has 0 amide bonds. The molecule has 1 heterocycles. The number of aliphatic carboxylic acids is 1. The number of carboxylic acids is 1. The van der Waals surface area contributed by atoms with Crippen LogP contribution in [0.2, 0.25) is 0 Å². The summed E-state index contributed by atoms with van der Waals surface area (Å²) in [5.41, 5.74) is 0.656. The molecule has 1 aliphatic rings. The normalized spacial score (nSPS) is 25.7. The Balaban J connectivity index is 2.81. The number of likely N-dealkylation sites (tertiary alicyclic amines) is 1. The summed E-state index contributed by atoms with van der Waals surface area (Å²) < 4.78 is 0. The van der Waals surface area contributed by atoms with Crippen LogP contribution < -0.4 is 0 Å². The molecule has 92 valence electrons. The Hall–Kier alpha value is -0.830. The van der Waals surface area contributed by atoms with Crippen molar-refractivity contribution in [2.75, 3.05) is 13.1 Å². The number of carboxylic acid groups (broad SMARTS) is 1. The van der Waals surface area contributed by atoms with Gasteiger partial charge in [-0.25, -0.2) is 0 Å². The highest BCUT2D eigenvalue weighted by Crippen LogP contribution is 2.33. The lowest BCUT2D eigenvalue weighted by Gasteiger charge is -2.34. The summed E-state index contributed by atoms with van der Waals surface area (Å²) >= 11 is 0. The fourth-order valence-corrected chi connectivity index (χ4v) is 2.54. The Morgan fingerprint density at radius 2 is 2.19 bits per heavy atom. The SMILES string of the molecule is CCCC1(C(=O)O)CCCN1CC=C(C)C. The van der Waals surface area contributed by atoms with E-state index < -0.39 is 11.5 Å². The zero-order valence-corrected chi connectivity index (χ0v) is 10.6. The average molecular weight is 225 g/mol. The van der Waals surface area contributed by atoms with Crippen molar-refractivity contribution >= 4 is 5.97 Å². The van der Waals surface area contributed by atoms with Crippen molar-refractivity contribution in [2.45, 2.75) is 52.0 Å². The molecule has 16 heavy (non-hydrogen) atoms. The summed E-state index contributed by atoms with van der Waals surface area (Å²) in [4.78, 5) is 13.6. The van der Waals surface area contributed by atoms with E-state index in [0.717, 1.165) is 38.8 Å². The predicted octanol–water partition coefficient (Wildman–Crippen LogP) is 2.67. The Morgan fingerprint density at radius 1 is 1.50 bits per heavy atom. The van der Waals surface area contributed by atoms with E-state index in [2.05, 4.69) is 31.7 Å². The minimum Gasteiger partial charge on any atom is -0.480 e. The molecule has 3 nitrogen and oxygen atoms in total. The Bertz CT molecular complexity index is 282. The van der Waals surface area contributed by atoms with E-state index in [9.17, 15) is 9.90 Å². The van der Waals surface area contributed by atoms with Gasteiger partial charge < -0.3 is 5.11 Å². The van der Waals surface area contributed by atoms with Gasteiger partial charge in [0.1, 0.15) is 5.54 Å². The number of nitrogens with zero attached hydrogens (tertiary/aromatic N) is 1. The van der Waals surface area contributed by atoms with Crippen molar-refractivity contribution in [2.24, 2.45) is 0 Å². The average Bonchev–Trinajstić information content (AvgIpc) is 2.60. The van der Waals surface area contributed by atoms with Gasteiger partial charge in [0.05, 0.1) is 0 Å². The molecule has 1 saturated heterocycles. The second-order valence-electron chi connectivity index (χ2n) is 4.92. The summed E-state index contributed by atoms with van der Waals surface area (Å²) in [5, 5.41) is 9.47. The highest BCUT2D eigenvalue weighted by Gasteiger charge is 2.46. The van der Waals surface area contributed by atoms with Crippen molar-refractivity contribution in [3.05, 3.63) is 11.6 Å². The molecule has 3 heteroatoms. The Morgan fingerprint density at radius 3 is 2.69 bits per heavy atom. The van der Waals surface area contributed by atoms with E-state index in [1.54, 1.807) is 0 Å². The Kier molecular flexibility index (Phi) is 4.54. The van der Waals surface area contributed by atoms with Gasteiger partial charge in [0.15, 0.2) is 0 Å². The fourth-order valence-electron chi connectivity index (χ4n) is 2.54. The summed E-state index contributed by atoms with van der Waals surface area (Å²) in [6.45, 7) is 7.85. The minimum atomic E-state index is -0.644. The predicted molar refractivity (Wildman–Crippen MR) is 65.5 cm³/mol. The van der Waals surface area contributed by atoms with Crippen molar-refractivity contribution in [3.8, 4) is 0 Å². The van der Waals surface area contributed by atoms with Crippen LogP contribution in [-0.4, -0.2) is 34.6 Å². The molecule has 0 aliphatic carbocycles. The van der Waals surface area contributed by atoms with E-state index in [4.69, 9.17) is 0 Å². The van der Waals surface area contributed by atoms with E-state index in [0.29, 0.717) is 0 Å². The van der Waals surface area contributed by atoms with Crippen LogP contribution >= 0.6 is 0 Å². The molecule has 0 aromatic carbocycles. The third kappa shape index (κ3) is 2.64. The van der Waals surface area contributed by atoms with Gasteiger partial charge in [-0.2, -0.15) is 0 Å². The first-order valence-electron chi connectivity index (χ1n) is 6.14. The van der Waals surface area contributed by atoms with E-state index in [1.807, 2.05) is 0 Å². The standard InChI is InChI=1S/C13H23NO2/c1-4-7-13(12(15)16)8-5-9-14(13)10-6-11(2)3/h6H,4-5,7-10H2,1-3H3,(H,15,16). The number of allylic oxidation sites excluding steroid dienone is 1. The van der Waals surface area contributed by atoms with E-state index in [1.165, 1.54) is 5.57 Å². The molecule has 0 bridgehead atoms. The monoisotopic (exact) mass is 225 g/mol. The first-order chi connectivity index (χ1) is 7.53. The van der Waals surface area contributed by atoms with Crippen LogP contribution in [0.15, 0.2) is 11.6 Å². The molecule has 0 radical (unpaired) electrons. The molecular formula is C13H23NO2.